The Kier molecular flexibility index (Phi) is 6.46. The van der Waals surface area contributed by atoms with E-state index >= 15 is 0 Å². The van der Waals surface area contributed by atoms with Crippen molar-refractivity contribution in [2.45, 2.75) is 32.2 Å². The number of nitrogens with zero attached hydrogens (tertiary/aromatic N) is 3. The lowest BCUT2D eigenvalue weighted by Gasteiger charge is -2.34. The highest BCUT2D eigenvalue weighted by Crippen LogP contribution is 2.24. The summed E-state index contributed by atoms with van der Waals surface area (Å²) in [5.74, 6) is 0.194. The van der Waals surface area contributed by atoms with Gasteiger partial charge >= 0.3 is 0 Å². The Balaban J connectivity index is 1.70. The summed E-state index contributed by atoms with van der Waals surface area (Å²) in [5.41, 5.74) is 2.26. The van der Waals surface area contributed by atoms with Gasteiger partial charge in [-0.15, -0.1) is 0 Å². The third kappa shape index (κ3) is 4.78. The van der Waals surface area contributed by atoms with E-state index in [0.717, 1.165) is 30.5 Å². The Morgan fingerprint density at radius 2 is 2.00 bits per heavy atom. The minimum Gasteiger partial charge on any atom is -0.355 e. The first-order valence-corrected chi connectivity index (χ1v) is 9.73. The van der Waals surface area contributed by atoms with Crippen LogP contribution in [0.15, 0.2) is 34.9 Å². The Labute approximate surface area is 165 Å². The van der Waals surface area contributed by atoms with Gasteiger partial charge in [0.1, 0.15) is 6.04 Å². The number of hydrogen-bond acceptors (Lipinski definition) is 5. The normalized spacial score (nSPS) is 17.0. The van der Waals surface area contributed by atoms with Crippen LogP contribution in [-0.4, -0.2) is 66.5 Å². The Bertz CT molecular complexity index is 813. The van der Waals surface area contributed by atoms with Gasteiger partial charge in [0.2, 0.25) is 5.91 Å². The summed E-state index contributed by atoms with van der Waals surface area (Å²) in [7, 11) is 3.91. The molecule has 1 unspecified atom stereocenters. The number of likely N-dealkylation sites (N-methyl/N-ethyl adjacent to an activating group) is 1. The van der Waals surface area contributed by atoms with E-state index in [9.17, 15) is 9.59 Å². The first kappa shape index (κ1) is 20.1. The zero-order valence-corrected chi connectivity index (χ0v) is 16.8. The minimum atomic E-state index is -0.456. The molecule has 7 heteroatoms. The number of carbonyl (C=O) groups is 2. The van der Waals surface area contributed by atoms with Gasteiger partial charge in [0.05, 0.1) is 0 Å². The van der Waals surface area contributed by atoms with E-state index < -0.39 is 6.04 Å². The van der Waals surface area contributed by atoms with Gasteiger partial charge in [0, 0.05) is 31.3 Å². The van der Waals surface area contributed by atoms with Gasteiger partial charge in [-0.25, -0.2) is 0 Å². The molecule has 1 aliphatic heterocycles. The van der Waals surface area contributed by atoms with Gasteiger partial charge < -0.3 is 19.6 Å². The second-order valence-corrected chi connectivity index (χ2v) is 7.55. The van der Waals surface area contributed by atoms with Crippen LogP contribution in [0.25, 0.3) is 11.3 Å². The molecule has 0 bridgehead atoms. The van der Waals surface area contributed by atoms with Crippen molar-refractivity contribution in [1.82, 2.24) is 20.3 Å². The van der Waals surface area contributed by atoms with Crippen molar-refractivity contribution >= 4 is 11.8 Å². The molecule has 3 rings (SSSR count). The van der Waals surface area contributed by atoms with E-state index in [1.165, 1.54) is 0 Å². The molecule has 2 amide bonds. The molecule has 0 aliphatic carbocycles. The number of hydrogen-bond donors (Lipinski definition) is 1. The quantitative estimate of drug-likeness (QED) is 0.827. The van der Waals surface area contributed by atoms with Crippen molar-refractivity contribution in [3.63, 3.8) is 0 Å². The maximum atomic E-state index is 13.0. The van der Waals surface area contributed by atoms with Crippen molar-refractivity contribution in [3.05, 3.63) is 41.6 Å². The number of piperidine rings is 1. The first-order chi connectivity index (χ1) is 13.5. The van der Waals surface area contributed by atoms with Crippen LogP contribution in [0.5, 0.6) is 0 Å². The van der Waals surface area contributed by atoms with E-state index in [1.807, 2.05) is 50.2 Å². The predicted octanol–water partition coefficient (Wildman–Crippen LogP) is 2.32. The lowest BCUT2D eigenvalue weighted by Crippen LogP contribution is -2.52. The summed E-state index contributed by atoms with van der Waals surface area (Å²) in [6.07, 6.45) is 2.49. The summed E-state index contributed by atoms with van der Waals surface area (Å²) in [5, 5.41) is 6.90. The fourth-order valence-corrected chi connectivity index (χ4v) is 3.34. The molecule has 1 atom stereocenters. The largest absolute Gasteiger partial charge is 0.355 e. The van der Waals surface area contributed by atoms with Gasteiger partial charge in [0.15, 0.2) is 11.5 Å². The Morgan fingerprint density at radius 1 is 1.25 bits per heavy atom. The van der Waals surface area contributed by atoms with Crippen LogP contribution < -0.4 is 5.32 Å². The van der Waals surface area contributed by atoms with Gasteiger partial charge in [-0.1, -0.05) is 35.0 Å². The maximum absolute atomic E-state index is 13.0. The maximum Gasteiger partial charge on any atom is 0.276 e. The van der Waals surface area contributed by atoms with Gasteiger partial charge in [-0.05, 0) is 40.3 Å². The van der Waals surface area contributed by atoms with Crippen LogP contribution in [0.1, 0.15) is 35.3 Å². The zero-order valence-electron chi connectivity index (χ0n) is 16.8. The average Bonchev–Trinajstić information content (AvgIpc) is 3.18. The summed E-state index contributed by atoms with van der Waals surface area (Å²) in [4.78, 5) is 29.3. The summed E-state index contributed by atoms with van der Waals surface area (Å²) < 4.78 is 5.39. The van der Waals surface area contributed by atoms with Crippen LogP contribution in [0.3, 0.4) is 0 Å². The predicted molar refractivity (Wildman–Crippen MR) is 107 cm³/mol. The van der Waals surface area contributed by atoms with E-state index in [4.69, 9.17) is 4.52 Å². The molecule has 7 nitrogen and oxygen atoms in total. The number of rotatable bonds is 6. The van der Waals surface area contributed by atoms with E-state index in [0.29, 0.717) is 25.3 Å². The highest BCUT2D eigenvalue weighted by molar-refractivity contribution is 5.96. The van der Waals surface area contributed by atoms with Gasteiger partial charge in [-0.3, -0.25) is 9.59 Å². The third-order valence-electron chi connectivity index (χ3n) is 4.99. The molecular formula is C21H28N4O3. The van der Waals surface area contributed by atoms with E-state index in [2.05, 4.69) is 10.5 Å². The summed E-state index contributed by atoms with van der Waals surface area (Å²) in [6, 6.07) is 9.04. The second-order valence-electron chi connectivity index (χ2n) is 7.55. The number of nitrogens with one attached hydrogen (secondary N) is 1. The molecule has 2 aromatic rings. The van der Waals surface area contributed by atoms with Crippen molar-refractivity contribution in [2.24, 2.45) is 0 Å². The molecule has 1 aromatic heterocycles. The van der Waals surface area contributed by atoms with Crippen LogP contribution in [-0.2, 0) is 4.79 Å². The summed E-state index contributed by atoms with van der Waals surface area (Å²) >= 11 is 0. The Hall–Kier alpha value is -2.67. The van der Waals surface area contributed by atoms with E-state index in [1.54, 1.807) is 11.0 Å². The second kappa shape index (κ2) is 9.01. The van der Waals surface area contributed by atoms with Crippen molar-refractivity contribution < 1.29 is 14.1 Å². The standard InChI is InChI=1S/C21H28N4O3/c1-15-7-9-16(10-8-15)19-14-17(23-28-19)21(27)25-12-5-4-6-18(25)20(26)22-11-13-24(2)3/h7-10,14,18H,4-6,11-13H2,1-3H3,(H,22,26). The van der Waals surface area contributed by atoms with Gasteiger partial charge in [-0.2, -0.15) is 0 Å². The van der Waals surface area contributed by atoms with E-state index in [-0.39, 0.29) is 17.5 Å². The van der Waals surface area contributed by atoms with Gasteiger partial charge in [0.25, 0.3) is 5.91 Å². The number of amides is 2. The SMILES string of the molecule is Cc1ccc(-c2cc(C(=O)N3CCCCC3C(=O)NCCN(C)C)no2)cc1. The number of likely N-dealkylation sites (tertiary alicyclic amines) is 1. The van der Waals surface area contributed by atoms with Crippen LogP contribution in [0.4, 0.5) is 0 Å². The molecule has 0 spiro atoms. The number of aryl methyl sites for hydroxylation is 1. The number of aromatic nitrogens is 1. The fourth-order valence-electron chi connectivity index (χ4n) is 3.34. The molecular weight excluding hydrogens is 356 g/mol. The summed E-state index contributed by atoms with van der Waals surface area (Å²) in [6.45, 7) is 3.89. The van der Waals surface area contributed by atoms with Crippen molar-refractivity contribution in [2.75, 3.05) is 33.7 Å². The topological polar surface area (TPSA) is 78.7 Å². The average molecular weight is 384 g/mol. The minimum absolute atomic E-state index is 0.0999. The molecule has 2 heterocycles. The van der Waals surface area contributed by atoms with Crippen molar-refractivity contribution in [3.8, 4) is 11.3 Å². The molecule has 150 valence electrons. The fraction of sp³-hybridized carbons (Fsp3) is 0.476. The monoisotopic (exact) mass is 384 g/mol. The van der Waals surface area contributed by atoms with Crippen LogP contribution >= 0.6 is 0 Å². The highest BCUT2D eigenvalue weighted by atomic mass is 16.5. The molecule has 0 radical (unpaired) electrons. The molecule has 1 aromatic carbocycles. The molecule has 1 aliphatic rings. The molecule has 1 N–H and O–H groups in total. The molecule has 1 fully saturated rings. The zero-order chi connectivity index (χ0) is 20.1. The van der Waals surface area contributed by atoms with Crippen molar-refractivity contribution in [1.29, 1.82) is 0 Å². The highest BCUT2D eigenvalue weighted by Gasteiger charge is 2.33. The number of carbonyl (C=O) groups excluding carboxylic acids is 2. The smallest absolute Gasteiger partial charge is 0.276 e. The lowest BCUT2D eigenvalue weighted by atomic mass is 10.0. The van der Waals surface area contributed by atoms with Crippen LogP contribution in [0.2, 0.25) is 0 Å². The third-order valence-corrected chi connectivity index (χ3v) is 4.99. The molecule has 0 saturated carbocycles. The Morgan fingerprint density at radius 3 is 2.71 bits per heavy atom. The number of benzene rings is 1. The lowest BCUT2D eigenvalue weighted by molar-refractivity contribution is -0.126. The molecule has 1 saturated heterocycles. The first-order valence-electron chi connectivity index (χ1n) is 9.73. The van der Waals surface area contributed by atoms with Crippen LogP contribution in [0, 0.1) is 6.92 Å². The molecule has 28 heavy (non-hydrogen) atoms.